The molecule has 8 heteroatoms. The summed E-state index contributed by atoms with van der Waals surface area (Å²) in [4.78, 5) is 42.8. The maximum Gasteiger partial charge on any atom is 0.408 e. The van der Waals surface area contributed by atoms with Crippen LogP contribution in [0.3, 0.4) is 0 Å². The molecule has 0 saturated carbocycles. The van der Waals surface area contributed by atoms with Crippen LogP contribution in [0.1, 0.15) is 68.8 Å². The summed E-state index contributed by atoms with van der Waals surface area (Å²) in [6.45, 7) is 9.61. The first-order valence-corrected chi connectivity index (χ1v) is 14.4. The topological polar surface area (TPSA) is 108 Å². The Labute approximate surface area is 249 Å². The highest BCUT2D eigenvalue weighted by Gasteiger charge is 2.36. The number of aromatic hydroxyl groups is 1. The number of carbonyl (C=O) groups excluding carboxylic acids is 3. The van der Waals surface area contributed by atoms with Crippen LogP contribution in [0, 0.1) is 6.92 Å². The van der Waals surface area contributed by atoms with Crippen molar-refractivity contribution >= 4 is 17.9 Å². The molecule has 0 fully saturated rings. The maximum absolute atomic E-state index is 14.4. The van der Waals surface area contributed by atoms with Crippen molar-refractivity contribution < 1.29 is 24.2 Å². The molecule has 0 aliphatic rings. The molecule has 0 aliphatic heterocycles. The Hall–Kier alpha value is -4.33. The van der Waals surface area contributed by atoms with Crippen LogP contribution in [-0.2, 0) is 27.3 Å². The van der Waals surface area contributed by atoms with E-state index >= 15 is 0 Å². The van der Waals surface area contributed by atoms with E-state index in [1.807, 2.05) is 67.6 Å². The summed E-state index contributed by atoms with van der Waals surface area (Å²) in [6, 6.07) is 21.9. The number of benzene rings is 3. The third kappa shape index (κ3) is 9.65. The van der Waals surface area contributed by atoms with Crippen LogP contribution in [-0.4, -0.2) is 46.1 Å². The average molecular weight is 574 g/mol. The fraction of sp³-hybridized carbons (Fsp3) is 0.382. The molecule has 42 heavy (non-hydrogen) atoms. The molecule has 0 heterocycles. The number of carbonyl (C=O) groups is 3. The first-order chi connectivity index (χ1) is 20.0. The summed E-state index contributed by atoms with van der Waals surface area (Å²) in [7, 11) is 0. The number of ether oxygens (including phenoxy) is 1. The second-order valence-corrected chi connectivity index (χ2v) is 11.4. The van der Waals surface area contributed by atoms with Gasteiger partial charge in [-0.05, 0) is 68.5 Å². The second-order valence-electron chi connectivity index (χ2n) is 11.4. The van der Waals surface area contributed by atoms with Crippen molar-refractivity contribution in [2.45, 2.75) is 78.1 Å². The minimum Gasteiger partial charge on any atom is -0.508 e. The number of unbranched alkanes of at least 4 members (excludes halogenated alkanes) is 1. The standard InChI is InChI=1S/C34H43N3O5/c1-6-7-20-37(32(40)28(22-25-14-10-8-11-15-25)36-33(41)42-34(3,4)5)30(27-18-19-29(38)24(2)21-27)31(39)35-23-26-16-12-9-13-17-26/h8-19,21,28,30,38H,6-7,20,22-23H2,1-5H3,(H,35,39)(H,36,41). The molecule has 0 radical (unpaired) electrons. The third-order valence-corrected chi connectivity index (χ3v) is 6.71. The molecule has 224 valence electrons. The summed E-state index contributed by atoms with van der Waals surface area (Å²) in [6.07, 6.45) is 0.946. The van der Waals surface area contributed by atoms with Gasteiger partial charge in [0.25, 0.3) is 0 Å². The van der Waals surface area contributed by atoms with Gasteiger partial charge >= 0.3 is 6.09 Å². The van der Waals surface area contributed by atoms with Crippen molar-refractivity contribution in [1.29, 1.82) is 0 Å². The van der Waals surface area contributed by atoms with Gasteiger partial charge in [0.2, 0.25) is 11.8 Å². The van der Waals surface area contributed by atoms with E-state index < -0.39 is 29.7 Å². The molecule has 0 saturated heterocycles. The first-order valence-electron chi connectivity index (χ1n) is 14.4. The predicted octanol–water partition coefficient (Wildman–Crippen LogP) is 5.82. The molecule has 3 amide bonds. The average Bonchev–Trinajstić information content (AvgIpc) is 2.95. The van der Waals surface area contributed by atoms with Crippen LogP contribution >= 0.6 is 0 Å². The van der Waals surface area contributed by atoms with Gasteiger partial charge in [-0.2, -0.15) is 0 Å². The van der Waals surface area contributed by atoms with Gasteiger partial charge in [0, 0.05) is 19.5 Å². The Morgan fingerprint density at radius 2 is 1.55 bits per heavy atom. The van der Waals surface area contributed by atoms with Crippen molar-refractivity contribution in [1.82, 2.24) is 15.5 Å². The van der Waals surface area contributed by atoms with E-state index in [0.717, 1.165) is 17.5 Å². The lowest BCUT2D eigenvalue weighted by molar-refractivity contribution is -0.142. The molecule has 3 aromatic carbocycles. The fourth-order valence-corrected chi connectivity index (χ4v) is 4.60. The van der Waals surface area contributed by atoms with Gasteiger partial charge in [0.1, 0.15) is 23.4 Å². The number of hydrogen-bond acceptors (Lipinski definition) is 5. The Balaban J connectivity index is 2.02. The normalized spacial score (nSPS) is 12.6. The van der Waals surface area contributed by atoms with Crippen LogP contribution in [0.4, 0.5) is 4.79 Å². The number of phenolic OH excluding ortho intramolecular Hbond substituents is 1. The molecule has 3 rings (SSSR count). The number of amides is 3. The van der Waals surface area contributed by atoms with Crippen molar-refractivity contribution in [3.05, 3.63) is 101 Å². The molecule has 3 N–H and O–H groups in total. The van der Waals surface area contributed by atoms with Gasteiger partial charge in [-0.25, -0.2) is 4.79 Å². The molecule has 2 atom stereocenters. The molecule has 0 bridgehead atoms. The van der Waals surface area contributed by atoms with Gasteiger partial charge in [0.05, 0.1) is 0 Å². The van der Waals surface area contributed by atoms with Gasteiger partial charge in [0.15, 0.2) is 0 Å². The zero-order chi connectivity index (χ0) is 30.7. The highest BCUT2D eigenvalue weighted by Crippen LogP contribution is 2.28. The largest absolute Gasteiger partial charge is 0.508 e. The zero-order valence-corrected chi connectivity index (χ0v) is 25.2. The van der Waals surface area contributed by atoms with E-state index in [0.29, 0.717) is 24.1 Å². The van der Waals surface area contributed by atoms with E-state index in [2.05, 4.69) is 10.6 Å². The summed E-state index contributed by atoms with van der Waals surface area (Å²) in [5.74, 6) is -0.657. The first kappa shape index (κ1) is 32.2. The Kier molecular flexibility index (Phi) is 11.5. The Morgan fingerprint density at radius 3 is 2.12 bits per heavy atom. The van der Waals surface area contributed by atoms with Crippen LogP contribution < -0.4 is 10.6 Å². The molecular formula is C34H43N3O5. The van der Waals surface area contributed by atoms with Crippen molar-refractivity contribution in [3.8, 4) is 5.75 Å². The summed E-state index contributed by atoms with van der Waals surface area (Å²) in [5, 5.41) is 16.0. The number of aryl methyl sites for hydroxylation is 1. The summed E-state index contributed by atoms with van der Waals surface area (Å²) >= 11 is 0. The van der Waals surface area contributed by atoms with E-state index in [1.54, 1.807) is 44.7 Å². The lowest BCUT2D eigenvalue weighted by Gasteiger charge is -2.35. The third-order valence-electron chi connectivity index (χ3n) is 6.71. The number of nitrogens with zero attached hydrogens (tertiary/aromatic N) is 1. The Morgan fingerprint density at radius 1 is 0.929 bits per heavy atom. The van der Waals surface area contributed by atoms with Gasteiger partial charge in [-0.1, -0.05) is 80.1 Å². The van der Waals surface area contributed by atoms with Gasteiger partial charge < -0.3 is 25.4 Å². The molecule has 2 unspecified atom stereocenters. The smallest absolute Gasteiger partial charge is 0.408 e. The van der Waals surface area contributed by atoms with Gasteiger partial charge in [-0.3, -0.25) is 9.59 Å². The van der Waals surface area contributed by atoms with E-state index in [-0.39, 0.29) is 24.6 Å². The van der Waals surface area contributed by atoms with Crippen LogP contribution in [0.5, 0.6) is 5.75 Å². The number of rotatable bonds is 12. The lowest BCUT2D eigenvalue weighted by atomic mass is 9.98. The Bertz CT molecular complexity index is 1320. The molecule has 0 aromatic heterocycles. The highest BCUT2D eigenvalue weighted by atomic mass is 16.6. The van der Waals surface area contributed by atoms with Crippen LogP contribution in [0.25, 0.3) is 0 Å². The van der Waals surface area contributed by atoms with E-state index in [9.17, 15) is 19.5 Å². The molecule has 0 spiro atoms. The lowest BCUT2D eigenvalue weighted by Crippen LogP contribution is -2.54. The summed E-state index contributed by atoms with van der Waals surface area (Å²) < 4.78 is 5.50. The molecule has 8 nitrogen and oxygen atoms in total. The van der Waals surface area contributed by atoms with Crippen molar-refractivity contribution in [2.75, 3.05) is 6.54 Å². The van der Waals surface area contributed by atoms with Gasteiger partial charge in [-0.15, -0.1) is 0 Å². The minimum absolute atomic E-state index is 0.0992. The fourth-order valence-electron chi connectivity index (χ4n) is 4.60. The quantitative estimate of drug-likeness (QED) is 0.253. The highest BCUT2D eigenvalue weighted by molar-refractivity contribution is 5.92. The number of hydrogen-bond donors (Lipinski definition) is 3. The molecular weight excluding hydrogens is 530 g/mol. The maximum atomic E-state index is 14.4. The van der Waals surface area contributed by atoms with Crippen LogP contribution in [0.2, 0.25) is 0 Å². The molecule has 3 aromatic rings. The number of alkyl carbamates (subject to hydrolysis) is 1. The second kappa shape index (κ2) is 15.1. The minimum atomic E-state index is -0.995. The van der Waals surface area contributed by atoms with E-state index in [1.165, 1.54) is 6.07 Å². The number of nitrogens with one attached hydrogen (secondary N) is 2. The molecule has 0 aliphatic carbocycles. The number of phenols is 1. The predicted molar refractivity (Wildman–Crippen MR) is 164 cm³/mol. The zero-order valence-electron chi connectivity index (χ0n) is 25.2. The monoisotopic (exact) mass is 573 g/mol. The van der Waals surface area contributed by atoms with Crippen LogP contribution in [0.15, 0.2) is 78.9 Å². The SMILES string of the molecule is CCCCN(C(=O)C(Cc1ccccc1)NC(=O)OC(C)(C)C)C(C(=O)NCc1ccccc1)c1ccc(O)c(C)c1. The van der Waals surface area contributed by atoms with Crippen molar-refractivity contribution in [2.24, 2.45) is 0 Å². The van der Waals surface area contributed by atoms with E-state index in [4.69, 9.17) is 4.74 Å². The van der Waals surface area contributed by atoms with Crippen molar-refractivity contribution in [3.63, 3.8) is 0 Å². The summed E-state index contributed by atoms with van der Waals surface area (Å²) in [5.41, 5.74) is 2.18.